The number of thiazole rings is 1. The lowest BCUT2D eigenvalue weighted by atomic mass is 10.1. The summed E-state index contributed by atoms with van der Waals surface area (Å²) in [6, 6.07) is 0. The fraction of sp³-hybridized carbons (Fsp3) is 0.600. The Morgan fingerprint density at radius 2 is 2.60 bits per heavy atom. The van der Waals surface area contributed by atoms with Crippen LogP contribution in [0.5, 0.6) is 0 Å². The lowest BCUT2D eigenvalue weighted by Crippen LogP contribution is -2.20. The maximum Gasteiger partial charge on any atom is 0.303 e. The van der Waals surface area contributed by atoms with Gasteiger partial charge in [-0.05, 0) is 18.9 Å². The fourth-order valence-corrected chi connectivity index (χ4v) is 2.65. The highest BCUT2D eigenvalue weighted by Gasteiger charge is 2.24. The van der Waals surface area contributed by atoms with Crippen LogP contribution in [0, 0.1) is 5.92 Å². The molecule has 0 aliphatic carbocycles. The third-order valence-electron chi connectivity index (χ3n) is 2.70. The second-order valence-corrected chi connectivity index (χ2v) is 4.93. The van der Waals surface area contributed by atoms with Gasteiger partial charge in [-0.1, -0.05) is 0 Å². The molecule has 1 atom stereocenters. The smallest absolute Gasteiger partial charge is 0.303 e. The molecule has 1 aromatic heterocycles. The molecule has 1 fully saturated rings. The molecule has 0 radical (unpaired) electrons. The summed E-state index contributed by atoms with van der Waals surface area (Å²) in [4.78, 5) is 18.1. The Kier molecular flexibility index (Phi) is 3.33. The van der Waals surface area contributed by atoms with Crippen molar-refractivity contribution in [1.29, 1.82) is 0 Å². The standard InChI is InChI=1S/C10H14N2O2S/c13-10(14)3-8-1-2-12(5-8)6-9-4-11-7-15-9/h4,7-8H,1-3,5-6H2,(H,13,14). The lowest BCUT2D eigenvalue weighted by Gasteiger charge is -2.13. The van der Waals surface area contributed by atoms with E-state index in [1.54, 1.807) is 11.3 Å². The third kappa shape index (κ3) is 3.00. The van der Waals surface area contributed by atoms with Crippen molar-refractivity contribution in [1.82, 2.24) is 9.88 Å². The summed E-state index contributed by atoms with van der Waals surface area (Å²) in [7, 11) is 0. The minimum atomic E-state index is -0.681. The van der Waals surface area contributed by atoms with Gasteiger partial charge in [0.2, 0.25) is 0 Å². The van der Waals surface area contributed by atoms with Crippen LogP contribution in [0.25, 0.3) is 0 Å². The average molecular weight is 226 g/mol. The van der Waals surface area contributed by atoms with Gasteiger partial charge in [-0.2, -0.15) is 0 Å². The van der Waals surface area contributed by atoms with Crippen molar-refractivity contribution in [2.75, 3.05) is 13.1 Å². The zero-order valence-corrected chi connectivity index (χ0v) is 9.24. The van der Waals surface area contributed by atoms with E-state index in [1.165, 1.54) is 4.88 Å². The van der Waals surface area contributed by atoms with E-state index in [4.69, 9.17) is 5.11 Å². The van der Waals surface area contributed by atoms with Crippen molar-refractivity contribution < 1.29 is 9.90 Å². The van der Waals surface area contributed by atoms with Gasteiger partial charge in [-0.3, -0.25) is 14.7 Å². The predicted molar refractivity (Wildman–Crippen MR) is 57.8 cm³/mol. The number of aromatic nitrogens is 1. The summed E-state index contributed by atoms with van der Waals surface area (Å²) in [6.07, 6.45) is 3.19. The van der Waals surface area contributed by atoms with Crippen molar-refractivity contribution >= 4 is 17.3 Å². The summed E-state index contributed by atoms with van der Waals surface area (Å²) < 4.78 is 0. The highest BCUT2D eigenvalue weighted by molar-refractivity contribution is 7.09. The molecule has 4 nitrogen and oxygen atoms in total. The van der Waals surface area contributed by atoms with E-state index in [-0.39, 0.29) is 0 Å². The Labute approximate surface area is 92.6 Å². The number of nitrogens with zero attached hydrogens (tertiary/aromatic N) is 2. The minimum Gasteiger partial charge on any atom is -0.481 e. The molecule has 15 heavy (non-hydrogen) atoms. The molecule has 1 N–H and O–H groups in total. The number of carboxylic acid groups (broad SMARTS) is 1. The van der Waals surface area contributed by atoms with Gasteiger partial charge in [0.1, 0.15) is 0 Å². The molecule has 1 aliphatic heterocycles. The Bertz CT molecular complexity index is 326. The third-order valence-corrected chi connectivity index (χ3v) is 3.46. The molecule has 1 saturated heterocycles. The summed E-state index contributed by atoms with van der Waals surface area (Å²) in [6.45, 7) is 2.83. The second-order valence-electron chi connectivity index (χ2n) is 3.96. The van der Waals surface area contributed by atoms with Crippen molar-refractivity contribution in [2.45, 2.75) is 19.4 Å². The monoisotopic (exact) mass is 226 g/mol. The molecule has 1 aromatic rings. The van der Waals surface area contributed by atoms with Crippen molar-refractivity contribution in [3.63, 3.8) is 0 Å². The van der Waals surface area contributed by atoms with E-state index in [2.05, 4.69) is 9.88 Å². The Hall–Kier alpha value is -0.940. The van der Waals surface area contributed by atoms with Crippen molar-refractivity contribution in [2.24, 2.45) is 5.92 Å². The molecule has 2 rings (SSSR count). The normalized spacial score (nSPS) is 22.0. The molecular formula is C10H14N2O2S. The molecule has 0 aromatic carbocycles. The maximum atomic E-state index is 10.6. The number of rotatable bonds is 4. The number of aliphatic carboxylic acids is 1. The first-order chi connectivity index (χ1) is 7.24. The fourth-order valence-electron chi connectivity index (χ4n) is 2.01. The summed E-state index contributed by atoms with van der Waals surface area (Å²) >= 11 is 1.66. The highest BCUT2D eigenvalue weighted by atomic mass is 32.1. The molecular weight excluding hydrogens is 212 g/mol. The van der Waals surface area contributed by atoms with Gasteiger partial charge in [0.15, 0.2) is 0 Å². The molecule has 1 unspecified atom stereocenters. The summed E-state index contributed by atoms with van der Waals surface area (Å²) in [5, 5.41) is 8.69. The van der Waals surface area contributed by atoms with E-state index < -0.39 is 5.97 Å². The molecule has 82 valence electrons. The molecule has 0 spiro atoms. The van der Waals surface area contributed by atoms with Gasteiger partial charge in [-0.25, -0.2) is 0 Å². The van der Waals surface area contributed by atoms with Crippen LogP contribution in [0.2, 0.25) is 0 Å². The van der Waals surface area contributed by atoms with Crippen LogP contribution < -0.4 is 0 Å². The summed E-state index contributed by atoms with van der Waals surface area (Å²) in [5.74, 6) is -0.352. The average Bonchev–Trinajstić information content (AvgIpc) is 2.77. The number of hydrogen-bond donors (Lipinski definition) is 1. The van der Waals surface area contributed by atoms with E-state index >= 15 is 0 Å². The Balaban J connectivity index is 1.80. The molecule has 1 aliphatic rings. The van der Waals surface area contributed by atoms with Crippen LogP contribution in [0.4, 0.5) is 0 Å². The largest absolute Gasteiger partial charge is 0.481 e. The number of carbonyl (C=O) groups is 1. The van der Waals surface area contributed by atoms with Gasteiger partial charge in [0.25, 0.3) is 0 Å². The number of hydrogen-bond acceptors (Lipinski definition) is 4. The first-order valence-electron chi connectivity index (χ1n) is 5.05. The molecule has 0 bridgehead atoms. The van der Waals surface area contributed by atoms with Gasteiger partial charge in [-0.15, -0.1) is 11.3 Å². The van der Waals surface area contributed by atoms with Gasteiger partial charge < -0.3 is 5.11 Å². The van der Waals surface area contributed by atoms with E-state index in [0.29, 0.717) is 12.3 Å². The Morgan fingerprint density at radius 1 is 1.73 bits per heavy atom. The number of likely N-dealkylation sites (tertiary alicyclic amines) is 1. The number of carboxylic acids is 1. The second kappa shape index (κ2) is 4.72. The van der Waals surface area contributed by atoms with Crippen LogP contribution in [0.15, 0.2) is 11.7 Å². The first-order valence-corrected chi connectivity index (χ1v) is 5.93. The minimum absolute atomic E-state index is 0.305. The molecule has 5 heteroatoms. The lowest BCUT2D eigenvalue weighted by molar-refractivity contribution is -0.138. The van der Waals surface area contributed by atoms with Crippen LogP contribution in [-0.2, 0) is 11.3 Å². The molecule has 0 saturated carbocycles. The van der Waals surface area contributed by atoms with Crippen molar-refractivity contribution in [3.05, 3.63) is 16.6 Å². The zero-order chi connectivity index (χ0) is 10.7. The van der Waals surface area contributed by atoms with Crippen LogP contribution in [-0.4, -0.2) is 34.0 Å². The quantitative estimate of drug-likeness (QED) is 0.844. The Morgan fingerprint density at radius 3 is 3.27 bits per heavy atom. The maximum absolute atomic E-state index is 10.6. The van der Waals surface area contributed by atoms with Gasteiger partial charge in [0.05, 0.1) is 5.51 Å². The topological polar surface area (TPSA) is 53.4 Å². The van der Waals surface area contributed by atoms with Crippen LogP contribution >= 0.6 is 11.3 Å². The van der Waals surface area contributed by atoms with Gasteiger partial charge >= 0.3 is 5.97 Å². The molecule has 0 amide bonds. The first kappa shape index (κ1) is 10.6. The SMILES string of the molecule is O=C(O)CC1CCN(Cc2cncs2)C1. The van der Waals surface area contributed by atoms with Crippen molar-refractivity contribution in [3.8, 4) is 0 Å². The predicted octanol–water partition coefficient (Wildman–Crippen LogP) is 1.44. The molecule has 2 heterocycles. The van der Waals surface area contributed by atoms with E-state index in [0.717, 1.165) is 26.1 Å². The van der Waals surface area contributed by atoms with Crippen LogP contribution in [0.1, 0.15) is 17.7 Å². The van der Waals surface area contributed by atoms with E-state index in [1.807, 2.05) is 11.7 Å². The zero-order valence-electron chi connectivity index (χ0n) is 8.43. The summed E-state index contributed by atoms with van der Waals surface area (Å²) in [5.41, 5.74) is 1.83. The van der Waals surface area contributed by atoms with E-state index in [9.17, 15) is 4.79 Å². The van der Waals surface area contributed by atoms with Gasteiger partial charge in [0, 0.05) is 30.6 Å². The van der Waals surface area contributed by atoms with Crippen LogP contribution in [0.3, 0.4) is 0 Å². The highest BCUT2D eigenvalue weighted by Crippen LogP contribution is 2.22.